The zero-order valence-corrected chi connectivity index (χ0v) is 9.37. The van der Waals surface area contributed by atoms with Crippen LogP contribution in [0.4, 0.5) is 0 Å². The SMILES string of the molecule is CCOCC(O)CC1CCCCNC1=O. The summed E-state index contributed by atoms with van der Waals surface area (Å²) in [7, 11) is 0. The van der Waals surface area contributed by atoms with Crippen LogP contribution in [0.2, 0.25) is 0 Å². The van der Waals surface area contributed by atoms with Crippen LogP contribution in [0.5, 0.6) is 0 Å². The molecule has 0 aromatic rings. The monoisotopic (exact) mass is 215 g/mol. The first kappa shape index (κ1) is 12.5. The summed E-state index contributed by atoms with van der Waals surface area (Å²) in [6, 6.07) is 0. The third kappa shape index (κ3) is 4.62. The highest BCUT2D eigenvalue weighted by Crippen LogP contribution is 2.18. The molecule has 2 unspecified atom stereocenters. The van der Waals surface area contributed by atoms with Gasteiger partial charge in [-0.15, -0.1) is 0 Å². The van der Waals surface area contributed by atoms with E-state index in [1.54, 1.807) is 0 Å². The molecule has 1 heterocycles. The second-order valence-electron chi connectivity index (χ2n) is 4.03. The minimum atomic E-state index is -0.515. The molecular formula is C11H21NO3. The first-order valence-electron chi connectivity index (χ1n) is 5.77. The van der Waals surface area contributed by atoms with E-state index in [9.17, 15) is 9.90 Å². The quantitative estimate of drug-likeness (QED) is 0.709. The first-order chi connectivity index (χ1) is 7.24. The fourth-order valence-electron chi connectivity index (χ4n) is 1.88. The number of amides is 1. The van der Waals surface area contributed by atoms with Gasteiger partial charge in [-0.3, -0.25) is 4.79 Å². The van der Waals surface area contributed by atoms with E-state index in [4.69, 9.17) is 4.74 Å². The highest BCUT2D eigenvalue weighted by molar-refractivity contribution is 5.78. The largest absolute Gasteiger partial charge is 0.391 e. The van der Waals surface area contributed by atoms with Gasteiger partial charge in [0.25, 0.3) is 0 Å². The molecule has 1 saturated heterocycles. The Balaban J connectivity index is 2.30. The normalized spacial score (nSPS) is 24.4. The molecule has 2 N–H and O–H groups in total. The van der Waals surface area contributed by atoms with E-state index in [0.29, 0.717) is 19.6 Å². The third-order valence-corrected chi connectivity index (χ3v) is 2.72. The van der Waals surface area contributed by atoms with Gasteiger partial charge < -0.3 is 15.2 Å². The average Bonchev–Trinajstić information content (AvgIpc) is 2.42. The van der Waals surface area contributed by atoms with Gasteiger partial charge >= 0.3 is 0 Å². The number of nitrogens with one attached hydrogen (secondary N) is 1. The van der Waals surface area contributed by atoms with Crippen molar-refractivity contribution < 1.29 is 14.6 Å². The third-order valence-electron chi connectivity index (χ3n) is 2.72. The number of ether oxygens (including phenoxy) is 1. The van der Waals surface area contributed by atoms with Gasteiger partial charge in [0, 0.05) is 19.1 Å². The summed E-state index contributed by atoms with van der Waals surface area (Å²) < 4.78 is 5.12. The number of rotatable bonds is 5. The molecular weight excluding hydrogens is 194 g/mol. The van der Waals surface area contributed by atoms with Gasteiger partial charge in [-0.1, -0.05) is 6.42 Å². The molecule has 0 aromatic carbocycles. The van der Waals surface area contributed by atoms with Gasteiger partial charge in [-0.05, 0) is 26.2 Å². The van der Waals surface area contributed by atoms with Crippen LogP contribution in [-0.4, -0.2) is 36.9 Å². The average molecular weight is 215 g/mol. The predicted octanol–water partition coefficient (Wildman–Crippen LogP) is 0.690. The van der Waals surface area contributed by atoms with Gasteiger partial charge in [0.2, 0.25) is 5.91 Å². The zero-order chi connectivity index (χ0) is 11.1. The lowest BCUT2D eigenvalue weighted by molar-refractivity contribution is -0.126. The summed E-state index contributed by atoms with van der Waals surface area (Å²) in [6.07, 6.45) is 2.99. The molecule has 1 aliphatic rings. The van der Waals surface area contributed by atoms with Crippen molar-refractivity contribution >= 4 is 5.91 Å². The van der Waals surface area contributed by atoms with E-state index in [0.717, 1.165) is 25.8 Å². The van der Waals surface area contributed by atoms with Crippen LogP contribution in [-0.2, 0) is 9.53 Å². The van der Waals surface area contributed by atoms with Crippen LogP contribution in [0, 0.1) is 5.92 Å². The van der Waals surface area contributed by atoms with Gasteiger partial charge in [0.15, 0.2) is 0 Å². The molecule has 0 aliphatic carbocycles. The standard InChI is InChI=1S/C11H21NO3/c1-2-15-8-10(13)7-9-5-3-4-6-12-11(9)14/h9-10,13H,2-8H2,1H3,(H,12,14). The Bertz CT molecular complexity index is 196. The molecule has 0 spiro atoms. The Kier molecular flexibility index (Phi) is 5.65. The molecule has 2 atom stereocenters. The number of carbonyl (C=O) groups is 1. The molecule has 0 saturated carbocycles. The molecule has 4 nitrogen and oxygen atoms in total. The Labute approximate surface area is 91.0 Å². The second kappa shape index (κ2) is 6.80. The van der Waals surface area contributed by atoms with Crippen molar-refractivity contribution in [3.63, 3.8) is 0 Å². The van der Waals surface area contributed by atoms with Crippen molar-refractivity contribution in [1.29, 1.82) is 0 Å². The van der Waals surface area contributed by atoms with Crippen molar-refractivity contribution in [2.45, 2.75) is 38.7 Å². The van der Waals surface area contributed by atoms with Crippen molar-refractivity contribution in [3.05, 3.63) is 0 Å². The first-order valence-corrected chi connectivity index (χ1v) is 5.77. The summed E-state index contributed by atoms with van der Waals surface area (Å²) in [4.78, 5) is 11.6. The van der Waals surface area contributed by atoms with Crippen molar-refractivity contribution in [1.82, 2.24) is 5.32 Å². The molecule has 15 heavy (non-hydrogen) atoms. The van der Waals surface area contributed by atoms with Gasteiger partial charge in [-0.25, -0.2) is 0 Å². The van der Waals surface area contributed by atoms with Crippen molar-refractivity contribution in [3.8, 4) is 0 Å². The molecule has 0 radical (unpaired) electrons. The number of carbonyl (C=O) groups excluding carboxylic acids is 1. The molecule has 1 fully saturated rings. The fourth-order valence-corrected chi connectivity index (χ4v) is 1.88. The maximum Gasteiger partial charge on any atom is 0.223 e. The van der Waals surface area contributed by atoms with Gasteiger partial charge in [-0.2, -0.15) is 0 Å². The predicted molar refractivity (Wildman–Crippen MR) is 57.5 cm³/mol. The smallest absolute Gasteiger partial charge is 0.223 e. The lowest BCUT2D eigenvalue weighted by Gasteiger charge is -2.17. The number of hydrogen-bond donors (Lipinski definition) is 2. The highest BCUT2D eigenvalue weighted by atomic mass is 16.5. The molecule has 0 bridgehead atoms. The number of aliphatic hydroxyl groups excluding tert-OH is 1. The van der Waals surface area contributed by atoms with Crippen LogP contribution in [0.15, 0.2) is 0 Å². The van der Waals surface area contributed by atoms with Crippen LogP contribution >= 0.6 is 0 Å². The van der Waals surface area contributed by atoms with E-state index in [2.05, 4.69) is 5.32 Å². The Morgan fingerprint density at radius 3 is 3.13 bits per heavy atom. The summed E-state index contributed by atoms with van der Waals surface area (Å²) in [5.74, 6) is 0.0472. The van der Waals surface area contributed by atoms with E-state index >= 15 is 0 Å². The van der Waals surface area contributed by atoms with E-state index in [1.807, 2.05) is 6.92 Å². The minimum absolute atomic E-state index is 0.0389. The highest BCUT2D eigenvalue weighted by Gasteiger charge is 2.23. The summed E-state index contributed by atoms with van der Waals surface area (Å²) in [5.41, 5.74) is 0. The van der Waals surface area contributed by atoms with Crippen LogP contribution in [0.3, 0.4) is 0 Å². The fraction of sp³-hybridized carbons (Fsp3) is 0.909. The lowest BCUT2D eigenvalue weighted by Crippen LogP contribution is -2.32. The van der Waals surface area contributed by atoms with Crippen molar-refractivity contribution in [2.24, 2.45) is 5.92 Å². The van der Waals surface area contributed by atoms with E-state index < -0.39 is 6.10 Å². The number of hydrogen-bond acceptors (Lipinski definition) is 3. The molecule has 0 aromatic heterocycles. The Morgan fingerprint density at radius 1 is 1.60 bits per heavy atom. The van der Waals surface area contributed by atoms with Crippen LogP contribution in [0.25, 0.3) is 0 Å². The van der Waals surface area contributed by atoms with Crippen LogP contribution in [0.1, 0.15) is 32.6 Å². The van der Waals surface area contributed by atoms with Gasteiger partial charge in [0.05, 0.1) is 12.7 Å². The molecule has 1 rings (SSSR count). The number of aliphatic hydroxyl groups is 1. The van der Waals surface area contributed by atoms with Gasteiger partial charge in [0.1, 0.15) is 0 Å². The molecule has 88 valence electrons. The molecule has 1 amide bonds. The molecule has 1 aliphatic heterocycles. The maximum atomic E-state index is 11.6. The van der Waals surface area contributed by atoms with Crippen LogP contribution < -0.4 is 5.32 Å². The zero-order valence-electron chi connectivity index (χ0n) is 9.37. The topological polar surface area (TPSA) is 58.6 Å². The minimum Gasteiger partial charge on any atom is -0.391 e. The summed E-state index contributed by atoms with van der Waals surface area (Å²) in [6.45, 7) is 3.61. The van der Waals surface area contributed by atoms with Crippen molar-refractivity contribution in [2.75, 3.05) is 19.8 Å². The summed E-state index contributed by atoms with van der Waals surface area (Å²) in [5, 5.41) is 12.5. The Hall–Kier alpha value is -0.610. The maximum absolute atomic E-state index is 11.6. The lowest BCUT2D eigenvalue weighted by atomic mass is 9.96. The van der Waals surface area contributed by atoms with E-state index in [1.165, 1.54) is 0 Å². The summed E-state index contributed by atoms with van der Waals surface area (Å²) >= 11 is 0. The molecule has 4 heteroatoms. The van der Waals surface area contributed by atoms with E-state index in [-0.39, 0.29) is 11.8 Å². The Morgan fingerprint density at radius 2 is 2.40 bits per heavy atom. The second-order valence-corrected chi connectivity index (χ2v) is 4.03.